The Morgan fingerprint density at radius 1 is 0.980 bits per heavy atom. The second-order valence-electron chi connectivity index (χ2n) is 12.8. The molecular formula is C38H38Cl2N6O5. The van der Waals surface area contributed by atoms with E-state index in [9.17, 15) is 14.7 Å². The molecule has 264 valence electrons. The van der Waals surface area contributed by atoms with Crippen molar-refractivity contribution in [2.24, 2.45) is 0 Å². The Kier molecular flexibility index (Phi) is 10.6. The van der Waals surface area contributed by atoms with Crippen LogP contribution in [0.1, 0.15) is 30.4 Å². The van der Waals surface area contributed by atoms with Crippen molar-refractivity contribution in [1.29, 1.82) is 0 Å². The molecule has 2 aromatic carbocycles. The number of rotatable bonds is 11. The lowest BCUT2D eigenvalue weighted by Crippen LogP contribution is -2.46. The van der Waals surface area contributed by atoms with E-state index < -0.39 is 6.10 Å². The van der Waals surface area contributed by atoms with Crippen LogP contribution in [0.25, 0.3) is 39.2 Å². The summed E-state index contributed by atoms with van der Waals surface area (Å²) in [5.74, 6) is 0.580. The highest BCUT2D eigenvalue weighted by molar-refractivity contribution is 6.39. The molecule has 0 bridgehead atoms. The van der Waals surface area contributed by atoms with Crippen molar-refractivity contribution in [2.75, 3.05) is 26.9 Å². The molecule has 4 N–H and O–H groups in total. The molecule has 0 unspecified atom stereocenters. The largest absolute Gasteiger partial charge is 0.481 e. The van der Waals surface area contributed by atoms with E-state index in [0.717, 1.165) is 39.8 Å². The molecule has 2 aliphatic heterocycles. The van der Waals surface area contributed by atoms with Crippen LogP contribution in [-0.2, 0) is 22.6 Å². The Balaban J connectivity index is 1.12. The van der Waals surface area contributed by atoms with Crippen molar-refractivity contribution in [1.82, 2.24) is 30.3 Å². The van der Waals surface area contributed by atoms with Gasteiger partial charge in [0.15, 0.2) is 0 Å². The van der Waals surface area contributed by atoms with Crippen molar-refractivity contribution in [3.63, 3.8) is 0 Å². The monoisotopic (exact) mass is 728 g/mol. The lowest BCUT2D eigenvalue weighted by atomic mass is 9.97. The van der Waals surface area contributed by atoms with E-state index in [-0.39, 0.29) is 36.7 Å². The highest BCUT2D eigenvalue weighted by atomic mass is 35.5. The summed E-state index contributed by atoms with van der Waals surface area (Å²) in [6.07, 6.45) is 4.72. The molecule has 0 saturated carbocycles. The summed E-state index contributed by atoms with van der Waals surface area (Å²) in [6, 6.07) is 19.1. The number of nitrogens with one attached hydrogen (secondary N) is 3. The Morgan fingerprint density at radius 3 is 2.49 bits per heavy atom. The van der Waals surface area contributed by atoms with Crippen molar-refractivity contribution in [2.45, 2.75) is 50.5 Å². The van der Waals surface area contributed by atoms with Gasteiger partial charge in [0.25, 0.3) is 5.56 Å². The second kappa shape index (κ2) is 15.5. The Labute approximate surface area is 305 Å². The number of aliphatic hydroxyl groups excluding tert-OH is 1. The van der Waals surface area contributed by atoms with Crippen LogP contribution in [0.4, 0.5) is 0 Å². The predicted molar refractivity (Wildman–Crippen MR) is 197 cm³/mol. The first kappa shape index (κ1) is 35.1. The van der Waals surface area contributed by atoms with Gasteiger partial charge < -0.3 is 30.5 Å². The van der Waals surface area contributed by atoms with E-state index in [0.29, 0.717) is 65.4 Å². The number of ether oxygens (including phenoxy) is 2. The first-order chi connectivity index (χ1) is 24.8. The van der Waals surface area contributed by atoms with Crippen molar-refractivity contribution in [3.05, 3.63) is 105 Å². The maximum atomic E-state index is 13.3. The average molecular weight is 730 g/mol. The molecule has 0 aliphatic carbocycles. The van der Waals surface area contributed by atoms with Crippen LogP contribution < -0.4 is 26.2 Å². The standard InChI is InChI=1S/C38H38Cl2N6O5/c1-50-37-23(17-41-20-25-9-11-34(48)44-25)8-10-30(45-37)29-7-3-6-28(36(29)40)27-5-2-4-26(35(27)39)22-12-14-46-33(16-22)43-19-24(38(46)49)18-42-31-13-15-51-21-32(31)47/h2-8,10,12,14,16,19,25,31-32,41-42,47H,9,11,13,15,17-18,20-21H2,1H3,(H,44,48)/t25-,31+,32+/m0/s1. The van der Waals surface area contributed by atoms with Crippen LogP contribution in [0.3, 0.4) is 0 Å². The Hall–Kier alpha value is -4.36. The molecule has 3 aromatic heterocycles. The fraction of sp³-hybridized carbons (Fsp3) is 0.316. The zero-order valence-electron chi connectivity index (χ0n) is 28.0. The van der Waals surface area contributed by atoms with Crippen LogP contribution in [0.5, 0.6) is 5.88 Å². The van der Waals surface area contributed by atoms with Gasteiger partial charge in [0, 0.05) is 85.0 Å². The molecule has 51 heavy (non-hydrogen) atoms. The summed E-state index contributed by atoms with van der Waals surface area (Å²) in [7, 11) is 1.59. The Morgan fingerprint density at radius 2 is 1.75 bits per heavy atom. The van der Waals surface area contributed by atoms with Crippen LogP contribution in [-0.4, -0.2) is 70.4 Å². The van der Waals surface area contributed by atoms with E-state index in [1.807, 2.05) is 60.7 Å². The number of pyridine rings is 2. The topological polar surface area (TPSA) is 139 Å². The molecule has 0 radical (unpaired) electrons. The number of hydrogen-bond acceptors (Lipinski definition) is 9. The van der Waals surface area contributed by atoms with Crippen LogP contribution in [0, 0.1) is 0 Å². The van der Waals surface area contributed by atoms with Gasteiger partial charge in [0.1, 0.15) is 5.65 Å². The lowest BCUT2D eigenvalue weighted by Gasteiger charge is -2.28. The zero-order valence-corrected chi connectivity index (χ0v) is 29.5. The van der Waals surface area contributed by atoms with E-state index in [1.54, 1.807) is 19.5 Å². The minimum atomic E-state index is -0.616. The molecule has 3 atom stereocenters. The number of fused-ring (bicyclic) bond motifs is 1. The smallest absolute Gasteiger partial charge is 0.262 e. The van der Waals surface area contributed by atoms with Crippen molar-refractivity contribution in [3.8, 4) is 39.4 Å². The third kappa shape index (κ3) is 7.50. The van der Waals surface area contributed by atoms with Gasteiger partial charge in [-0.2, -0.15) is 0 Å². The zero-order chi connectivity index (χ0) is 35.5. The average Bonchev–Trinajstić information content (AvgIpc) is 3.57. The maximum absolute atomic E-state index is 13.3. The van der Waals surface area contributed by atoms with Crippen LogP contribution in [0.15, 0.2) is 77.9 Å². The van der Waals surface area contributed by atoms with Gasteiger partial charge in [-0.05, 0) is 36.6 Å². The highest BCUT2D eigenvalue weighted by Crippen LogP contribution is 2.42. The quantitative estimate of drug-likeness (QED) is 0.148. The third-order valence-corrected chi connectivity index (χ3v) is 10.3. The van der Waals surface area contributed by atoms with Gasteiger partial charge in [-0.3, -0.25) is 14.0 Å². The van der Waals surface area contributed by atoms with Crippen molar-refractivity contribution < 1.29 is 19.4 Å². The second-order valence-corrected chi connectivity index (χ2v) is 13.5. The number of methoxy groups -OCH3 is 1. The SMILES string of the molecule is COc1nc(-c2cccc(-c3cccc(-c4ccn5c(=O)c(CN[C@@H]6CCOC[C@H]6O)cnc5c4)c3Cl)c2Cl)ccc1CNC[C@@H]1CCC(=O)N1. The van der Waals surface area contributed by atoms with Gasteiger partial charge in [-0.1, -0.05) is 65.7 Å². The molecule has 2 aliphatic rings. The molecule has 0 spiro atoms. The molecular weight excluding hydrogens is 691 g/mol. The van der Waals surface area contributed by atoms with Gasteiger partial charge in [0.05, 0.1) is 41.1 Å². The van der Waals surface area contributed by atoms with Crippen LogP contribution >= 0.6 is 23.2 Å². The summed E-state index contributed by atoms with van der Waals surface area (Å²) in [6.45, 7) is 2.34. The van der Waals surface area contributed by atoms with Gasteiger partial charge in [-0.15, -0.1) is 0 Å². The highest BCUT2D eigenvalue weighted by Gasteiger charge is 2.24. The van der Waals surface area contributed by atoms with E-state index in [4.69, 9.17) is 37.7 Å². The van der Waals surface area contributed by atoms with E-state index in [1.165, 1.54) is 4.40 Å². The normalized spacial score (nSPS) is 19.0. The predicted octanol–water partition coefficient (Wildman–Crippen LogP) is 5.01. The number of nitrogens with zero attached hydrogens (tertiary/aromatic N) is 3. The molecule has 5 heterocycles. The van der Waals surface area contributed by atoms with Gasteiger partial charge in [0.2, 0.25) is 11.8 Å². The number of benzene rings is 2. The molecule has 13 heteroatoms. The molecule has 5 aromatic rings. The fourth-order valence-corrected chi connectivity index (χ4v) is 7.31. The van der Waals surface area contributed by atoms with E-state index >= 15 is 0 Å². The molecule has 2 saturated heterocycles. The minimum absolute atomic E-state index is 0.0916. The number of carbonyl (C=O) groups excluding carboxylic acids is 1. The number of carbonyl (C=O) groups is 1. The number of aromatic nitrogens is 3. The number of aliphatic hydroxyl groups is 1. The van der Waals surface area contributed by atoms with E-state index in [2.05, 4.69) is 20.9 Å². The van der Waals surface area contributed by atoms with Crippen LogP contribution in [0.2, 0.25) is 10.0 Å². The molecule has 7 rings (SSSR count). The summed E-state index contributed by atoms with van der Waals surface area (Å²) >= 11 is 14.2. The number of hydrogen-bond donors (Lipinski definition) is 4. The number of amides is 1. The maximum Gasteiger partial charge on any atom is 0.262 e. The summed E-state index contributed by atoms with van der Waals surface area (Å²) in [5.41, 5.74) is 6.13. The summed E-state index contributed by atoms with van der Waals surface area (Å²) in [4.78, 5) is 34.2. The van der Waals surface area contributed by atoms with Gasteiger partial charge >= 0.3 is 0 Å². The van der Waals surface area contributed by atoms with Gasteiger partial charge in [-0.25, -0.2) is 9.97 Å². The minimum Gasteiger partial charge on any atom is -0.481 e. The lowest BCUT2D eigenvalue weighted by molar-refractivity contribution is -0.119. The molecule has 11 nitrogen and oxygen atoms in total. The van der Waals surface area contributed by atoms with Crippen molar-refractivity contribution >= 4 is 34.8 Å². The molecule has 2 fully saturated rings. The Bertz CT molecular complexity index is 2140. The molecule has 1 amide bonds. The summed E-state index contributed by atoms with van der Waals surface area (Å²) in [5, 5.41) is 20.8. The first-order valence-electron chi connectivity index (χ1n) is 16.9. The first-order valence-corrected chi connectivity index (χ1v) is 17.7. The third-order valence-electron chi connectivity index (χ3n) is 9.46. The summed E-state index contributed by atoms with van der Waals surface area (Å²) < 4.78 is 12.5. The fourth-order valence-electron chi connectivity index (χ4n) is 6.65. The number of halogens is 2.